The van der Waals surface area contributed by atoms with Gasteiger partial charge in [0.25, 0.3) is 0 Å². The lowest BCUT2D eigenvalue weighted by atomic mass is 10.3. The zero-order valence-corrected chi connectivity index (χ0v) is 9.02. The van der Waals surface area contributed by atoms with Gasteiger partial charge in [0.1, 0.15) is 6.67 Å². The summed E-state index contributed by atoms with van der Waals surface area (Å²) < 4.78 is 8.85. The standard InChI is InChI=1S/C7H8N6O4/c1-16-6(14)4-5(7(15)17-2)11-13(10-4)3-9-12-8/h3H2,1-2H3. The molecule has 0 amide bonds. The summed E-state index contributed by atoms with van der Waals surface area (Å²) in [6.07, 6.45) is 0. The molecule has 1 heterocycles. The van der Waals surface area contributed by atoms with Crippen LogP contribution >= 0.6 is 0 Å². The maximum absolute atomic E-state index is 11.3. The van der Waals surface area contributed by atoms with Crippen LogP contribution in [0.5, 0.6) is 0 Å². The molecule has 0 bridgehead atoms. The maximum Gasteiger partial charge on any atom is 0.361 e. The number of rotatable bonds is 4. The second-order valence-corrected chi connectivity index (χ2v) is 2.62. The summed E-state index contributed by atoms with van der Waals surface area (Å²) in [5.41, 5.74) is 7.52. The van der Waals surface area contributed by atoms with Gasteiger partial charge in [0.15, 0.2) is 0 Å². The van der Waals surface area contributed by atoms with Crippen molar-refractivity contribution in [2.75, 3.05) is 14.2 Å². The predicted octanol–water partition coefficient (Wildman–Crippen LogP) is 0.119. The number of esters is 2. The highest BCUT2D eigenvalue weighted by Crippen LogP contribution is 2.06. The molecule has 1 aromatic rings. The Morgan fingerprint density at radius 2 is 1.76 bits per heavy atom. The van der Waals surface area contributed by atoms with Crippen molar-refractivity contribution < 1.29 is 19.1 Å². The Morgan fingerprint density at radius 1 is 1.29 bits per heavy atom. The van der Waals surface area contributed by atoms with E-state index >= 15 is 0 Å². The Morgan fingerprint density at radius 3 is 2.12 bits per heavy atom. The van der Waals surface area contributed by atoms with E-state index in [0.717, 1.165) is 19.0 Å². The molecule has 0 aliphatic heterocycles. The van der Waals surface area contributed by atoms with Gasteiger partial charge >= 0.3 is 11.9 Å². The van der Waals surface area contributed by atoms with Gasteiger partial charge in [-0.1, -0.05) is 5.11 Å². The Labute approximate surface area is 94.7 Å². The fourth-order valence-electron chi connectivity index (χ4n) is 0.964. The molecule has 0 fully saturated rings. The first-order valence-electron chi connectivity index (χ1n) is 4.26. The average Bonchev–Trinajstić information content (AvgIpc) is 2.78. The normalized spacial score (nSPS) is 9.29. The van der Waals surface area contributed by atoms with Gasteiger partial charge in [0.05, 0.1) is 14.2 Å². The lowest BCUT2D eigenvalue weighted by molar-refractivity contribution is 0.0548. The molecule has 17 heavy (non-hydrogen) atoms. The minimum absolute atomic E-state index is 0.252. The number of azide groups is 1. The number of aromatic nitrogens is 3. The molecular weight excluding hydrogens is 232 g/mol. The highest BCUT2D eigenvalue weighted by atomic mass is 16.5. The number of ether oxygens (including phenoxy) is 2. The van der Waals surface area contributed by atoms with Crippen molar-refractivity contribution in [3.63, 3.8) is 0 Å². The third-order valence-corrected chi connectivity index (χ3v) is 1.67. The van der Waals surface area contributed by atoms with Crippen LogP contribution in [0, 0.1) is 0 Å². The van der Waals surface area contributed by atoms with E-state index in [1.165, 1.54) is 0 Å². The van der Waals surface area contributed by atoms with Crippen molar-refractivity contribution in [3.8, 4) is 0 Å². The second kappa shape index (κ2) is 5.47. The van der Waals surface area contributed by atoms with E-state index in [1.807, 2.05) is 0 Å². The predicted molar refractivity (Wildman–Crippen MR) is 51.8 cm³/mol. The van der Waals surface area contributed by atoms with Crippen molar-refractivity contribution >= 4 is 11.9 Å². The number of methoxy groups -OCH3 is 2. The van der Waals surface area contributed by atoms with Crippen LogP contribution < -0.4 is 0 Å². The Balaban J connectivity index is 3.15. The average molecular weight is 240 g/mol. The fourth-order valence-corrected chi connectivity index (χ4v) is 0.964. The minimum atomic E-state index is -0.836. The van der Waals surface area contributed by atoms with Gasteiger partial charge in [-0.05, 0) is 5.53 Å². The first-order valence-corrected chi connectivity index (χ1v) is 4.26. The van der Waals surface area contributed by atoms with Crippen LogP contribution in [0.2, 0.25) is 0 Å². The van der Waals surface area contributed by atoms with Crippen molar-refractivity contribution in [2.45, 2.75) is 6.67 Å². The molecule has 0 atom stereocenters. The zero-order valence-electron chi connectivity index (χ0n) is 9.02. The number of hydrogen-bond donors (Lipinski definition) is 0. The van der Waals surface area contributed by atoms with Crippen molar-refractivity contribution in [1.82, 2.24) is 15.0 Å². The fraction of sp³-hybridized carbons (Fsp3) is 0.429. The van der Waals surface area contributed by atoms with Crippen LogP contribution in [0.1, 0.15) is 21.0 Å². The summed E-state index contributed by atoms with van der Waals surface area (Å²) in [5.74, 6) is -1.67. The first-order chi connectivity index (χ1) is 8.13. The lowest BCUT2D eigenvalue weighted by Crippen LogP contribution is -2.11. The Kier molecular flexibility index (Phi) is 4.01. The molecule has 0 radical (unpaired) electrons. The highest BCUT2D eigenvalue weighted by molar-refractivity contribution is 6.00. The molecule has 90 valence electrons. The van der Waals surface area contributed by atoms with E-state index in [-0.39, 0.29) is 18.1 Å². The van der Waals surface area contributed by atoms with Crippen LogP contribution in [0.25, 0.3) is 10.4 Å². The topological polar surface area (TPSA) is 132 Å². The molecule has 0 unspecified atom stereocenters. The first kappa shape index (κ1) is 12.5. The summed E-state index contributed by atoms with van der Waals surface area (Å²) in [6.45, 7) is -0.252. The molecule has 1 aromatic heterocycles. The molecule has 0 saturated carbocycles. The molecule has 10 heteroatoms. The number of hydrogen-bond acceptors (Lipinski definition) is 7. The van der Waals surface area contributed by atoms with E-state index in [0.29, 0.717) is 0 Å². The van der Waals surface area contributed by atoms with Crippen molar-refractivity contribution in [1.29, 1.82) is 0 Å². The third kappa shape index (κ3) is 2.69. The third-order valence-electron chi connectivity index (χ3n) is 1.67. The second-order valence-electron chi connectivity index (χ2n) is 2.62. The van der Waals surface area contributed by atoms with Gasteiger partial charge in [0.2, 0.25) is 11.4 Å². The Hall–Kier alpha value is -2.61. The van der Waals surface area contributed by atoms with Crippen molar-refractivity contribution in [2.24, 2.45) is 5.11 Å². The summed E-state index contributed by atoms with van der Waals surface area (Å²) in [4.78, 5) is 26.0. The molecule has 10 nitrogen and oxygen atoms in total. The maximum atomic E-state index is 11.3. The SMILES string of the molecule is COC(=O)c1nn(CN=[N+]=[N-])nc1C(=O)OC. The van der Waals surface area contributed by atoms with Crippen molar-refractivity contribution in [3.05, 3.63) is 21.8 Å². The van der Waals surface area contributed by atoms with Gasteiger partial charge in [-0.15, -0.1) is 10.2 Å². The van der Waals surface area contributed by atoms with Crippen LogP contribution in [-0.4, -0.2) is 41.2 Å². The largest absolute Gasteiger partial charge is 0.464 e. The molecule has 0 spiro atoms. The molecule has 0 N–H and O–H groups in total. The zero-order chi connectivity index (χ0) is 12.8. The molecule has 0 aromatic carbocycles. The molecule has 0 aliphatic carbocycles. The lowest BCUT2D eigenvalue weighted by Gasteiger charge is -1.95. The summed E-state index contributed by atoms with van der Waals surface area (Å²) >= 11 is 0. The number of nitrogens with zero attached hydrogens (tertiary/aromatic N) is 6. The molecule has 1 rings (SSSR count). The molecule has 0 aliphatic rings. The summed E-state index contributed by atoms with van der Waals surface area (Å²) in [7, 11) is 2.27. The van der Waals surface area contributed by atoms with Crippen LogP contribution in [0.15, 0.2) is 5.11 Å². The van der Waals surface area contributed by atoms with Gasteiger partial charge in [-0.3, -0.25) is 0 Å². The van der Waals surface area contributed by atoms with Crippen LogP contribution in [-0.2, 0) is 16.1 Å². The molecular formula is C7H8N6O4. The van der Waals surface area contributed by atoms with E-state index in [9.17, 15) is 9.59 Å². The molecule has 0 saturated heterocycles. The number of carbonyl (C=O) groups excluding carboxylic acids is 2. The van der Waals surface area contributed by atoms with Crippen LogP contribution in [0.4, 0.5) is 0 Å². The Bertz CT molecular complexity index is 455. The highest BCUT2D eigenvalue weighted by Gasteiger charge is 2.25. The van der Waals surface area contributed by atoms with E-state index in [2.05, 4.69) is 29.7 Å². The van der Waals surface area contributed by atoms with Crippen LogP contribution in [0.3, 0.4) is 0 Å². The quantitative estimate of drug-likeness (QED) is 0.317. The van der Waals surface area contributed by atoms with Gasteiger partial charge < -0.3 is 9.47 Å². The van der Waals surface area contributed by atoms with E-state index < -0.39 is 11.9 Å². The minimum Gasteiger partial charge on any atom is -0.464 e. The smallest absolute Gasteiger partial charge is 0.361 e. The van der Waals surface area contributed by atoms with Gasteiger partial charge in [0, 0.05) is 4.91 Å². The van der Waals surface area contributed by atoms with E-state index in [4.69, 9.17) is 5.53 Å². The summed E-state index contributed by atoms with van der Waals surface area (Å²) in [5, 5.41) is 10.5. The number of carbonyl (C=O) groups is 2. The summed E-state index contributed by atoms with van der Waals surface area (Å²) in [6, 6.07) is 0. The van der Waals surface area contributed by atoms with Gasteiger partial charge in [-0.25, -0.2) is 9.59 Å². The van der Waals surface area contributed by atoms with Gasteiger partial charge in [-0.2, -0.15) is 4.80 Å². The monoisotopic (exact) mass is 240 g/mol. The van der Waals surface area contributed by atoms with E-state index in [1.54, 1.807) is 0 Å².